The number of hydrogen-bond donors (Lipinski definition) is 1. The van der Waals surface area contributed by atoms with Crippen LogP contribution >= 0.6 is 11.6 Å². The highest BCUT2D eigenvalue weighted by Crippen LogP contribution is 2.28. The molecule has 0 atom stereocenters. The maximum atomic E-state index is 11.7. The Kier molecular flexibility index (Phi) is 4.75. The normalized spacial score (nSPS) is 11.5. The van der Waals surface area contributed by atoms with Crippen LogP contribution in [0.4, 0.5) is 5.69 Å². The molecule has 5 nitrogen and oxygen atoms in total. The molecule has 0 aromatic heterocycles. The molecule has 0 saturated carbocycles. The molecule has 0 bridgehead atoms. The van der Waals surface area contributed by atoms with Crippen LogP contribution < -0.4 is 10.1 Å². The summed E-state index contributed by atoms with van der Waals surface area (Å²) in [6.45, 7) is 1.32. The highest BCUT2D eigenvalue weighted by Gasteiger charge is 2.14. The minimum absolute atomic E-state index is 0.0175. The van der Waals surface area contributed by atoms with Crippen LogP contribution in [0.3, 0.4) is 0 Å². The Morgan fingerprint density at radius 1 is 1.44 bits per heavy atom. The fourth-order valence-corrected chi connectivity index (χ4v) is 2.54. The molecule has 7 heteroatoms. The van der Waals surface area contributed by atoms with Crippen molar-refractivity contribution in [3.8, 4) is 5.75 Å². The number of halogens is 1. The number of methoxy groups -OCH3 is 1. The first kappa shape index (κ1) is 14.5. The lowest BCUT2D eigenvalue weighted by molar-refractivity contribution is -0.114. The lowest BCUT2D eigenvalue weighted by Gasteiger charge is -2.10. The average Bonchev–Trinajstić information content (AvgIpc) is 2.28. The number of carbonyl (C=O) groups excluding carboxylic acids is 1. The first-order valence-corrected chi connectivity index (χ1v) is 6.86. The predicted molar refractivity (Wildman–Crippen MR) is 69.5 cm³/mol. The summed E-state index contributed by atoms with van der Waals surface area (Å²) in [5, 5.41) is 3.36. The van der Waals surface area contributed by atoms with Crippen LogP contribution in [0.15, 0.2) is 34.0 Å². The van der Waals surface area contributed by atoms with Gasteiger partial charge in [0.15, 0.2) is 0 Å². The van der Waals surface area contributed by atoms with Crippen molar-refractivity contribution in [3.05, 3.63) is 29.1 Å². The van der Waals surface area contributed by atoms with Crippen molar-refractivity contribution >= 4 is 33.0 Å². The van der Waals surface area contributed by atoms with Crippen molar-refractivity contribution in [2.24, 2.45) is 0 Å². The minimum atomic E-state index is -3.61. The van der Waals surface area contributed by atoms with E-state index in [0.29, 0.717) is 5.75 Å². The number of sulfone groups is 1. The molecule has 0 aliphatic rings. The van der Waals surface area contributed by atoms with Crippen LogP contribution in [-0.2, 0) is 14.6 Å². The maximum absolute atomic E-state index is 11.7. The summed E-state index contributed by atoms with van der Waals surface area (Å²) >= 11 is 5.26. The molecule has 0 fully saturated rings. The Morgan fingerprint density at radius 3 is 2.61 bits per heavy atom. The van der Waals surface area contributed by atoms with E-state index in [4.69, 9.17) is 16.3 Å². The van der Waals surface area contributed by atoms with Crippen molar-refractivity contribution < 1.29 is 17.9 Å². The Hall–Kier alpha value is -1.53. The third kappa shape index (κ3) is 3.48. The van der Waals surface area contributed by atoms with Crippen molar-refractivity contribution in [1.82, 2.24) is 0 Å². The van der Waals surface area contributed by atoms with Gasteiger partial charge in [-0.15, -0.1) is 0 Å². The van der Waals surface area contributed by atoms with Crippen LogP contribution in [-0.4, -0.2) is 21.4 Å². The van der Waals surface area contributed by atoms with Crippen LogP contribution in [0.5, 0.6) is 5.75 Å². The van der Waals surface area contributed by atoms with E-state index in [1.807, 2.05) is 0 Å². The lowest BCUT2D eigenvalue weighted by Crippen LogP contribution is -2.08. The van der Waals surface area contributed by atoms with E-state index in [-0.39, 0.29) is 16.5 Å². The number of hydrogen-bond acceptors (Lipinski definition) is 4. The van der Waals surface area contributed by atoms with Crippen molar-refractivity contribution in [2.45, 2.75) is 11.8 Å². The highest BCUT2D eigenvalue weighted by molar-refractivity contribution is 7.94. The minimum Gasteiger partial charge on any atom is -0.495 e. The summed E-state index contributed by atoms with van der Waals surface area (Å²) in [5.74, 6) is 0.0507. The zero-order chi connectivity index (χ0) is 13.8. The Labute approximate surface area is 110 Å². The molecule has 1 N–H and O–H groups in total. The summed E-state index contributed by atoms with van der Waals surface area (Å²) in [6, 6.07) is 4.14. The van der Waals surface area contributed by atoms with Gasteiger partial charge in [0.25, 0.3) is 0 Å². The van der Waals surface area contributed by atoms with E-state index in [1.54, 1.807) is 0 Å². The number of ether oxygens (including phenoxy) is 1. The summed E-state index contributed by atoms with van der Waals surface area (Å²) in [4.78, 5) is 11.0. The molecular formula is C11H12ClNO4S. The molecule has 1 aromatic carbocycles. The van der Waals surface area contributed by atoms with Gasteiger partial charge in [0, 0.05) is 17.9 Å². The molecular weight excluding hydrogens is 278 g/mol. The topological polar surface area (TPSA) is 72.5 Å². The van der Waals surface area contributed by atoms with Gasteiger partial charge in [-0.1, -0.05) is 11.6 Å². The van der Waals surface area contributed by atoms with Crippen LogP contribution in [0.2, 0.25) is 0 Å². The lowest BCUT2D eigenvalue weighted by atomic mass is 10.3. The Balaban J connectivity index is 3.30. The monoisotopic (exact) mass is 289 g/mol. The van der Waals surface area contributed by atoms with E-state index in [9.17, 15) is 13.2 Å². The summed E-state index contributed by atoms with van der Waals surface area (Å²) in [6.07, 6.45) is 0. The van der Waals surface area contributed by atoms with E-state index in [1.165, 1.54) is 32.2 Å². The molecule has 0 spiro atoms. The highest BCUT2D eigenvalue weighted by atomic mass is 35.5. The summed E-state index contributed by atoms with van der Waals surface area (Å²) in [5.41, 5.74) is 1.20. The Morgan fingerprint density at radius 2 is 2.11 bits per heavy atom. The molecule has 0 aliphatic carbocycles. The second kappa shape index (κ2) is 5.88. The molecule has 18 heavy (non-hydrogen) atoms. The van der Waals surface area contributed by atoms with Gasteiger partial charge in [-0.2, -0.15) is 0 Å². The first-order valence-electron chi connectivity index (χ1n) is 4.88. The van der Waals surface area contributed by atoms with Crippen molar-refractivity contribution in [3.63, 3.8) is 0 Å². The zero-order valence-electron chi connectivity index (χ0n) is 9.81. The third-order valence-electron chi connectivity index (χ3n) is 2.04. The molecule has 1 amide bonds. The fraction of sp³-hybridized carbons (Fsp3) is 0.182. The van der Waals surface area contributed by atoms with Crippen molar-refractivity contribution in [2.75, 3.05) is 12.4 Å². The molecule has 0 aliphatic heterocycles. The van der Waals surface area contributed by atoms with E-state index in [2.05, 4.69) is 5.32 Å². The first-order chi connectivity index (χ1) is 8.40. The van der Waals surface area contributed by atoms with Gasteiger partial charge in [-0.05, 0) is 18.2 Å². The quantitative estimate of drug-likeness (QED) is 0.922. The van der Waals surface area contributed by atoms with Gasteiger partial charge in [0.05, 0.1) is 17.7 Å². The van der Waals surface area contributed by atoms with Crippen LogP contribution in [0.1, 0.15) is 6.92 Å². The number of carbonyl (C=O) groups is 1. The molecule has 1 rings (SSSR count). The van der Waals surface area contributed by atoms with Crippen LogP contribution in [0.25, 0.3) is 0 Å². The summed E-state index contributed by atoms with van der Waals surface area (Å²) in [7, 11) is -2.19. The standard InChI is InChI=1S/C11H12ClNO4S/c1-8(14)13-10-7-9(3-4-11(10)17-2)18(15,16)6-5-12/h3-7H,1-2H3,(H,13,14). The Bertz CT molecular complexity index is 581. The predicted octanol–water partition coefficient (Wildman–Crippen LogP) is 2.14. The number of nitrogens with one attached hydrogen (secondary N) is 1. The van der Waals surface area contributed by atoms with E-state index >= 15 is 0 Å². The van der Waals surface area contributed by atoms with E-state index in [0.717, 1.165) is 10.9 Å². The second-order valence-corrected chi connectivity index (χ2v) is 5.44. The van der Waals surface area contributed by atoms with Crippen LogP contribution in [0, 0.1) is 0 Å². The molecule has 98 valence electrons. The van der Waals surface area contributed by atoms with Gasteiger partial charge < -0.3 is 10.1 Å². The molecule has 0 saturated heterocycles. The maximum Gasteiger partial charge on any atom is 0.221 e. The van der Waals surface area contributed by atoms with E-state index < -0.39 is 9.84 Å². The zero-order valence-corrected chi connectivity index (χ0v) is 11.4. The molecule has 1 aromatic rings. The second-order valence-electron chi connectivity index (χ2n) is 3.35. The van der Waals surface area contributed by atoms with Crippen molar-refractivity contribution in [1.29, 1.82) is 0 Å². The van der Waals surface area contributed by atoms with Gasteiger partial charge >= 0.3 is 0 Å². The van der Waals surface area contributed by atoms with Gasteiger partial charge in [0.2, 0.25) is 15.7 Å². The van der Waals surface area contributed by atoms with Gasteiger partial charge in [0.1, 0.15) is 5.75 Å². The molecule has 0 radical (unpaired) electrons. The smallest absolute Gasteiger partial charge is 0.221 e. The fourth-order valence-electron chi connectivity index (χ4n) is 1.30. The number of amides is 1. The average molecular weight is 290 g/mol. The number of rotatable bonds is 4. The third-order valence-corrected chi connectivity index (χ3v) is 3.72. The SMILES string of the molecule is COc1ccc(S(=O)(=O)C=CCl)cc1NC(C)=O. The molecule has 0 heterocycles. The largest absolute Gasteiger partial charge is 0.495 e. The van der Waals surface area contributed by atoms with Gasteiger partial charge in [-0.3, -0.25) is 4.79 Å². The number of benzene rings is 1. The molecule has 0 unspecified atom stereocenters. The summed E-state index contributed by atoms with van der Waals surface area (Å²) < 4.78 is 28.5. The number of anilines is 1. The van der Waals surface area contributed by atoms with Gasteiger partial charge in [-0.25, -0.2) is 8.42 Å².